The molecule has 0 bridgehead atoms. The molecule has 1 aliphatic carbocycles. The minimum Gasteiger partial charge on any atom is -0.496 e. The van der Waals surface area contributed by atoms with Crippen molar-refractivity contribution < 1.29 is 42.6 Å². The number of ether oxygens (including phenoxy) is 9. The predicted molar refractivity (Wildman–Crippen MR) is 174 cm³/mol. The van der Waals surface area contributed by atoms with Crippen molar-refractivity contribution in [3.05, 3.63) is 52.6 Å². The predicted octanol–water partition coefficient (Wildman–Crippen LogP) is 7.46. The van der Waals surface area contributed by atoms with Crippen LogP contribution in [0.4, 0.5) is 0 Å². The van der Waals surface area contributed by atoms with E-state index in [1.807, 2.05) is 30.3 Å². The van der Waals surface area contributed by atoms with Crippen molar-refractivity contribution in [2.75, 3.05) is 64.0 Å². The lowest BCUT2D eigenvalue weighted by molar-refractivity contribution is 0.283. The lowest BCUT2D eigenvalue weighted by Crippen LogP contribution is -2.23. The average Bonchev–Trinajstić information content (AvgIpc) is 3.38. The van der Waals surface area contributed by atoms with Crippen molar-refractivity contribution in [1.29, 1.82) is 0 Å². The summed E-state index contributed by atoms with van der Waals surface area (Å²) < 4.78 is 52.7. The zero-order chi connectivity index (χ0) is 33.0. The highest BCUT2D eigenvalue weighted by Gasteiger charge is 2.49. The Hall–Kier alpha value is -4.14. The van der Waals surface area contributed by atoms with Crippen LogP contribution in [-0.2, 0) is 0 Å². The minimum atomic E-state index is -0.147. The van der Waals surface area contributed by atoms with Crippen LogP contribution in [0.25, 0.3) is 0 Å². The quantitative estimate of drug-likeness (QED) is 0.182. The van der Waals surface area contributed by atoms with Crippen LogP contribution in [0.3, 0.4) is 0 Å². The third kappa shape index (κ3) is 5.73. The van der Waals surface area contributed by atoms with Gasteiger partial charge >= 0.3 is 0 Å². The Kier molecular flexibility index (Phi) is 10.7. The van der Waals surface area contributed by atoms with Gasteiger partial charge in [-0.3, -0.25) is 0 Å². The second-order valence-corrected chi connectivity index (χ2v) is 11.3. The van der Waals surface area contributed by atoms with E-state index in [-0.39, 0.29) is 29.6 Å². The third-order valence-corrected chi connectivity index (χ3v) is 9.51. The normalized spacial score (nSPS) is 18.4. The van der Waals surface area contributed by atoms with E-state index in [4.69, 9.17) is 42.6 Å². The maximum Gasteiger partial charge on any atom is 0.165 e. The minimum absolute atomic E-state index is 0.0420. The fourth-order valence-electron chi connectivity index (χ4n) is 7.51. The van der Waals surface area contributed by atoms with Gasteiger partial charge in [-0.2, -0.15) is 0 Å². The highest BCUT2D eigenvalue weighted by atomic mass is 16.5. The molecule has 5 atom stereocenters. The van der Waals surface area contributed by atoms with E-state index in [1.54, 1.807) is 64.0 Å². The average molecular weight is 625 g/mol. The Bertz CT molecular complexity index is 1480. The smallest absolute Gasteiger partial charge is 0.165 e. The molecule has 9 heteroatoms. The van der Waals surface area contributed by atoms with Crippen molar-refractivity contribution in [1.82, 2.24) is 0 Å². The number of benzene rings is 3. The van der Waals surface area contributed by atoms with Gasteiger partial charge in [0.1, 0.15) is 17.2 Å². The number of hydrogen-bond acceptors (Lipinski definition) is 9. The summed E-state index contributed by atoms with van der Waals surface area (Å²) >= 11 is 0. The number of methoxy groups -OCH3 is 9. The number of rotatable bonds is 14. The molecular weight excluding hydrogens is 576 g/mol. The van der Waals surface area contributed by atoms with Crippen LogP contribution >= 0.6 is 0 Å². The highest BCUT2D eigenvalue weighted by Crippen LogP contribution is 2.63. The molecule has 0 heterocycles. The largest absolute Gasteiger partial charge is 0.496 e. The zero-order valence-electron chi connectivity index (χ0n) is 28.7. The standard InChI is InChI=1S/C36H48O9/c1-13-21(22-14-26(39-6)28(41-8)16-24(22)37-4)19(2)32-20(3)33(23-15-27(40-7)29(42-9)17-25(23)38-5)35-34(32)30(43-10)18-31(44-11)36(35)45-12/h14-21,32-33H,13H2,1-12H3. The topological polar surface area (TPSA) is 83.1 Å². The first-order valence-corrected chi connectivity index (χ1v) is 15.2. The lowest BCUT2D eigenvalue weighted by atomic mass is 9.70. The van der Waals surface area contributed by atoms with Gasteiger partial charge < -0.3 is 42.6 Å². The highest BCUT2D eigenvalue weighted by molar-refractivity contribution is 5.67. The van der Waals surface area contributed by atoms with Crippen LogP contribution < -0.4 is 42.6 Å². The maximum atomic E-state index is 6.12. The summed E-state index contributed by atoms with van der Waals surface area (Å²) in [5.74, 6) is 6.18. The SMILES string of the molecule is CCC(c1cc(OC)c(OC)cc1OC)C(C)C1c2c(OC)cc(OC)c(OC)c2C(c2cc(OC)c(OC)cc2OC)C1C. The van der Waals surface area contributed by atoms with E-state index in [9.17, 15) is 0 Å². The Morgan fingerprint density at radius 1 is 0.533 bits per heavy atom. The Morgan fingerprint density at radius 2 is 1.00 bits per heavy atom. The maximum absolute atomic E-state index is 6.12. The molecule has 0 amide bonds. The van der Waals surface area contributed by atoms with E-state index < -0.39 is 0 Å². The molecule has 45 heavy (non-hydrogen) atoms. The molecular formula is C36H48O9. The second-order valence-electron chi connectivity index (χ2n) is 11.3. The Balaban J connectivity index is 2.02. The first-order valence-electron chi connectivity index (χ1n) is 15.2. The molecule has 0 aromatic heterocycles. The van der Waals surface area contributed by atoms with Gasteiger partial charge in [-0.05, 0) is 42.2 Å². The van der Waals surface area contributed by atoms with Gasteiger partial charge in [-0.1, -0.05) is 20.8 Å². The monoisotopic (exact) mass is 624 g/mol. The molecule has 3 aromatic rings. The van der Waals surface area contributed by atoms with Gasteiger partial charge in [-0.25, -0.2) is 0 Å². The van der Waals surface area contributed by atoms with Gasteiger partial charge in [0.05, 0.1) is 64.0 Å². The van der Waals surface area contributed by atoms with Crippen molar-refractivity contribution >= 4 is 0 Å². The molecule has 9 nitrogen and oxygen atoms in total. The molecule has 0 saturated heterocycles. The van der Waals surface area contributed by atoms with Crippen LogP contribution in [0, 0.1) is 11.8 Å². The molecule has 0 spiro atoms. The second kappa shape index (κ2) is 14.3. The fourth-order valence-corrected chi connectivity index (χ4v) is 7.51. The molecule has 0 aliphatic heterocycles. The number of fused-ring (bicyclic) bond motifs is 1. The summed E-state index contributed by atoms with van der Waals surface area (Å²) in [7, 11) is 14.9. The van der Waals surface area contributed by atoms with Crippen LogP contribution in [0.1, 0.15) is 67.2 Å². The summed E-state index contributed by atoms with van der Waals surface area (Å²) in [5, 5.41) is 0. The zero-order valence-corrected chi connectivity index (χ0v) is 28.7. The molecule has 0 N–H and O–H groups in total. The molecule has 0 saturated carbocycles. The van der Waals surface area contributed by atoms with Crippen LogP contribution in [0.2, 0.25) is 0 Å². The van der Waals surface area contributed by atoms with E-state index in [0.29, 0.717) is 40.2 Å². The lowest BCUT2D eigenvalue weighted by Gasteiger charge is -2.34. The van der Waals surface area contributed by atoms with Crippen molar-refractivity contribution in [2.45, 2.75) is 44.9 Å². The van der Waals surface area contributed by atoms with Crippen molar-refractivity contribution in [2.24, 2.45) is 11.8 Å². The molecule has 1 aliphatic rings. The van der Waals surface area contributed by atoms with Crippen molar-refractivity contribution in [3.8, 4) is 51.7 Å². The fraction of sp³-hybridized carbons (Fsp3) is 0.500. The summed E-state index contributed by atoms with van der Waals surface area (Å²) in [5.41, 5.74) is 4.13. The summed E-state index contributed by atoms with van der Waals surface area (Å²) in [6.45, 7) is 6.80. The third-order valence-electron chi connectivity index (χ3n) is 9.51. The molecule has 246 valence electrons. The van der Waals surface area contributed by atoms with Crippen LogP contribution in [0.5, 0.6) is 51.7 Å². The van der Waals surface area contributed by atoms with Gasteiger partial charge in [0, 0.05) is 46.4 Å². The molecule has 4 rings (SSSR count). The van der Waals surface area contributed by atoms with E-state index in [1.165, 1.54) is 0 Å². The van der Waals surface area contributed by atoms with Crippen molar-refractivity contribution in [3.63, 3.8) is 0 Å². The molecule has 0 radical (unpaired) electrons. The van der Waals surface area contributed by atoms with Gasteiger partial charge in [0.2, 0.25) is 0 Å². The van der Waals surface area contributed by atoms with Gasteiger partial charge in [0.15, 0.2) is 34.5 Å². The van der Waals surface area contributed by atoms with Crippen LogP contribution in [0.15, 0.2) is 30.3 Å². The molecule has 3 aromatic carbocycles. The van der Waals surface area contributed by atoms with Gasteiger partial charge in [-0.15, -0.1) is 0 Å². The van der Waals surface area contributed by atoms with E-state index in [2.05, 4.69) is 20.8 Å². The van der Waals surface area contributed by atoms with Crippen LogP contribution in [-0.4, -0.2) is 64.0 Å². The Labute approximate surface area is 267 Å². The first kappa shape index (κ1) is 33.7. The first-order chi connectivity index (χ1) is 21.7. The summed E-state index contributed by atoms with van der Waals surface area (Å²) in [4.78, 5) is 0. The summed E-state index contributed by atoms with van der Waals surface area (Å²) in [6.07, 6.45) is 0.867. The molecule has 0 fully saturated rings. The summed E-state index contributed by atoms with van der Waals surface area (Å²) in [6, 6.07) is 9.77. The Morgan fingerprint density at radius 3 is 1.49 bits per heavy atom. The number of hydrogen-bond donors (Lipinski definition) is 0. The van der Waals surface area contributed by atoms with Gasteiger partial charge in [0.25, 0.3) is 0 Å². The van der Waals surface area contributed by atoms with E-state index >= 15 is 0 Å². The molecule has 5 unspecified atom stereocenters. The van der Waals surface area contributed by atoms with E-state index in [0.717, 1.165) is 40.2 Å².